The first kappa shape index (κ1) is 37.9. The van der Waals surface area contributed by atoms with Crippen LogP contribution in [0.1, 0.15) is 116 Å². The van der Waals surface area contributed by atoms with E-state index in [-0.39, 0.29) is 23.9 Å². The van der Waals surface area contributed by atoms with E-state index >= 15 is 0 Å². The summed E-state index contributed by atoms with van der Waals surface area (Å²) in [5.41, 5.74) is 1.85. The van der Waals surface area contributed by atoms with Gasteiger partial charge in [-0.25, -0.2) is 19.6 Å². The van der Waals surface area contributed by atoms with Gasteiger partial charge in [0.1, 0.15) is 40.6 Å². The first-order valence-corrected chi connectivity index (χ1v) is 17.8. The van der Waals surface area contributed by atoms with E-state index < -0.39 is 35.5 Å². The van der Waals surface area contributed by atoms with Crippen molar-refractivity contribution in [3.63, 3.8) is 0 Å². The summed E-state index contributed by atoms with van der Waals surface area (Å²) in [4.78, 5) is 70.2. The quantitative estimate of drug-likeness (QED) is 0.237. The van der Waals surface area contributed by atoms with Gasteiger partial charge in [0.25, 0.3) is 0 Å². The van der Waals surface area contributed by atoms with Crippen LogP contribution in [-0.4, -0.2) is 90.1 Å². The second kappa shape index (κ2) is 15.5. The van der Waals surface area contributed by atoms with Gasteiger partial charge in [0.05, 0.1) is 30.2 Å². The lowest BCUT2D eigenvalue weighted by Gasteiger charge is -2.27. The Labute approximate surface area is 304 Å². The van der Waals surface area contributed by atoms with Gasteiger partial charge in [0.2, 0.25) is 11.8 Å². The molecule has 4 N–H and O–H groups in total. The molecule has 5 rings (SSSR count). The molecule has 0 aliphatic carbocycles. The molecule has 0 radical (unpaired) electrons. The topological polar surface area (TPSA) is 175 Å². The predicted octanol–water partition coefficient (Wildman–Crippen LogP) is 5.35. The number of hydrogen-bond donors (Lipinski definition) is 4. The minimum atomic E-state index is -0.744. The number of ether oxygens (including phenoxy) is 2. The lowest BCUT2D eigenvalue weighted by molar-refractivity contribution is -0.134. The Morgan fingerprint density at radius 3 is 1.73 bits per heavy atom. The van der Waals surface area contributed by atoms with Gasteiger partial charge in [-0.2, -0.15) is 0 Å². The molecule has 14 nitrogen and oxygen atoms in total. The average molecular weight is 715 g/mol. The van der Waals surface area contributed by atoms with E-state index in [1.807, 2.05) is 24.3 Å². The number of nitrogens with zero attached hydrogens (tertiary/aromatic N) is 4. The Morgan fingerprint density at radius 2 is 1.23 bits per heavy atom. The van der Waals surface area contributed by atoms with E-state index in [1.165, 1.54) is 0 Å². The second-order valence-corrected chi connectivity index (χ2v) is 15.3. The van der Waals surface area contributed by atoms with Crippen molar-refractivity contribution in [3.05, 3.63) is 59.6 Å². The number of nitrogens with one attached hydrogen (secondary N) is 4. The molecule has 2 aromatic heterocycles. The fourth-order valence-corrected chi connectivity index (χ4v) is 6.31. The first-order chi connectivity index (χ1) is 24.5. The van der Waals surface area contributed by atoms with Crippen LogP contribution in [0, 0.1) is 11.8 Å². The van der Waals surface area contributed by atoms with Crippen LogP contribution in [0.2, 0.25) is 0 Å². The molecule has 0 unspecified atom stereocenters. The Bertz CT molecular complexity index is 1820. The number of benzene rings is 1. The SMILES string of the molecule is C[C@@H](NC(=O)OC(C)(C)C)C(=O)N1CCC[C@H]1c1ncc(C#Cc2ccc(-c3cnc([C@@H]4CCCN4C(=O)[C@@H](C)NC(=O)OC(C)(C)C)[nH]3)cc2)[nH]1. The molecule has 0 saturated carbocycles. The fourth-order valence-electron chi connectivity index (χ4n) is 6.31. The Balaban J connectivity index is 1.18. The zero-order valence-corrected chi connectivity index (χ0v) is 31.3. The van der Waals surface area contributed by atoms with Gasteiger partial charge in [-0.1, -0.05) is 18.1 Å². The molecule has 1 aromatic carbocycles. The van der Waals surface area contributed by atoms with Gasteiger partial charge in [-0.05, 0) is 105 Å². The molecule has 2 saturated heterocycles. The standard InChI is InChI=1S/C38H50N8O6/c1-23(41-35(49)51-37(3,4)5)33(47)45-19-9-11-29(45)31-39-21-27(43-31)18-15-25-13-16-26(17-14-25)28-22-40-32(44-28)30-12-10-20-46(30)34(48)24(2)42-36(50)52-38(6,7)8/h13-14,16-17,21-24,29-30H,9-12,19-20H2,1-8H3,(H,39,43)(H,40,44)(H,41,49)(H,42,50)/t23-,24-,29+,30+/m1/s1. The van der Waals surface area contributed by atoms with E-state index in [2.05, 4.69) is 42.4 Å². The molecule has 14 heteroatoms. The number of likely N-dealkylation sites (tertiary alicyclic amines) is 2. The van der Waals surface area contributed by atoms with Crippen molar-refractivity contribution >= 4 is 24.0 Å². The highest BCUT2D eigenvalue weighted by Gasteiger charge is 2.36. The molecule has 278 valence electrons. The van der Waals surface area contributed by atoms with Crippen molar-refractivity contribution in [2.24, 2.45) is 0 Å². The molecular weight excluding hydrogens is 664 g/mol. The van der Waals surface area contributed by atoms with Crippen LogP contribution in [0.15, 0.2) is 36.7 Å². The van der Waals surface area contributed by atoms with Crippen molar-refractivity contribution < 1.29 is 28.7 Å². The van der Waals surface area contributed by atoms with Crippen LogP contribution < -0.4 is 10.6 Å². The van der Waals surface area contributed by atoms with Crippen molar-refractivity contribution in [1.29, 1.82) is 0 Å². The number of H-pyrrole nitrogens is 2. The lowest BCUT2D eigenvalue weighted by atomic mass is 10.1. The largest absolute Gasteiger partial charge is 0.444 e. The van der Waals surface area contributed by atoms with E-state index in [0.717, 1.165) is 42.5 Å². The fraction of sp³-hybridized carbons (Fsp3) is 0.526. The van der Waals surface area contributed by atoms with E-state index in [9.17, 15) is 19.2 Å². The molecule has 0 bridgehead atoms. The van der Waals surface area contributed by atoms with Crippen molar-refractivity contribution in [2.45, 2.75) is 116 Å². The van der Waals surface area contributed by atoms with Gasteiger partial charge in [0, 0.05) is 18.7 Å². The molecule has 4 atom stereocenters. The summed E-state index contributed by atoms with van der Waals surface area (Å²) in [6.45, 7) is 15.1. The maximum absolute atomic E-state index is 13.3. The third-order valence-corrected chi connectivity index (χ3v) is 8.64. The Morgan fingerprint density at radius 1 is 0.750 bits per heavy atom. The zero-order valence-electron chi connectivity index (χ0n) is 31.3. The van der Waals surface area contributed by atoms with E-state index in [0.29, 0.717) is 30.4 Å². The van der Waals surface area contributed by atoms with Gasteiger partial charge >= 0.3 is 12.2 Å². The number of carbonyl (C=O) groups is 4. The van der Waals surface area contributed by atoms with E-state index in [4.69, 9.17) is 9.47 Å². The summed E-state index contributed by atoms with van der Waals surface area (Å²) in [7, 11) is 0. The molecule has 4 heterocycles. The average Bonchev–Trinajstić information content (AvgIpc) is 3.88. The van der Waals surface area contributed by atoms with Crippen molar-refractivity contribution in [3.8, 4) is 23.1 Å². The number of rotatable bonds is 7. The Hall–Kier alpha value is -5.32. The number of amides is 4. The van der Waals surface area contributed by atoms with Crippen LogP contribution in [0.25, 0.3) is 11.3 Å². The predicted molar refractivity (Wildman–Crippen MR) is 194 cm³/mol. The highest BCUT2D eigenvalue weighted by atomic mass is 16.6. The number of aromatic amines is 2. The van der Waals surface area contributed by atoms with E-state index in [1.54, 1.807) is 77.6 Å². The summed E-state index contributed by atoms with van der Waals surface area (Å²) in [6.07, 6.45) is 5.34. The zero-order chi connectivity index (χ0) is 37.8. The van der Waals surface area contributed by atoms with Crippen molar-refractivity contribution in [1.82, 2.24) is 40.4 Å². The summed E-state index contributed by atoms with van der Waals surface area (Å²) in [5.74, 6) is 7.27. The van der Waals surface area contributed by atoms with Crippen LogP contribution >= 0.6 is 0 Å². The summed E-state index contributed by atoms with van der Waals surface area (Å²) >= 11 is 0. The van der Waals surface area contributed by atoms with Crippen LogP contribution in [0.3, 0.4) is 0 Å². The van der Waals surface area contributed by atoms with Gasteiger partial charge in [-0.15, -0.1) is 0 Å². The maximum Gasteiger partial charge on any atom is 0.408 e. The van der Waals surface area contributed by atoms with Crippen molar-refractivity contribution in [2.75, 3.05) is 13.1 Å². The smallest absolute Gasteiger partial charge is 0.408 e. The third kappa shape index (κ3) is 9.71. The monoisotopic (exact) mass is 714 g/mol. The molecule has 0 spiro atoms. The number of hydrogen-bond acceptors (Lipinski definition) is 8. The molecule has 4 amide bonds. The highest BCUT2D eigenvalue weighted by Crippen LogP contribution is 2.33. The van der Waals surface area contributed by atoms with Gasteiger partial charge in [0.15, 0.2) is 0 Å². The number of alkyl carbamates (subject to hydrolysis) is 2. The lowest BCUT2D eigenvalue weighted by Crippen LogP contribution is -2.48. The summed E-state index contributed by atoms with van der Waals surface area (Å²) in [6, 6.07) is 5.81. The Kier molecular flexibility index (Phi) is 11.3. The van der Waals surface area contributed by atoms with Crippen LogP contribution in [0.5, 0.6) is 0 Å². The maximum atomic E-state index is 13.3. The van der Waals surface area contributed by atoms with Crippen LogP contribution in [0.4, 0.5) is 9.59 Å². The minimum Gasteiger partial charge on any atom is -0.444 e. The van der Waals surface area contributed by atoms with Crippen LogP contribution in [-0.2, 0) is 19.1 Å². The molecule has 52 heavy (non-hydrogen) atoms. The number of carbonyl (C=O) groups excluding carboxylic acids is 4. The van der Waals surface area contributed by atoms with Gasteiger partial charge in [-0.3, -0.25) is 9.59 Å². The molecule has 2 aliphatic rings. The summed E-state index contributed by atoms with van der Waals surface area (Å²) < 4.78 is 10.6. The number of imidazole rings is 2. The normalized spacial score (nSPS) is 18.6. The number of aromatic nitrogens is 4. The third-order valence-electron chi connectivity index (χ3n) is 8.64. The highest BCUT2D eigenvalue weighted by molar-refractivity contribution is 5.86. The molecule has 3 aromatic rings. The first-order valence-electron chi connectivity index (χ1n) is 17.8. The summed E-state index contributed by atoms with van der Waals surface area (Å²) in [5, 5.41) is 5.28. The second-order valence-electron chi connectivity index (χ2n) is 15.3. The molecule has 2 fully saturated rings. The van der Waals surface area contributed by atoms with Gasteiger partial charge < -0.3 is 39.9 Å². The molecular formula is C38H50N8O6. The molecule has 2 aliphatic heterocycles. The minimum absolute atomic E-state index is 0.185.